The number of hydrogen-bond donors (Lipinski definition) is 1. The Hall–Kier alpha value is -1.70. The second kappa shape index (κ2) is 7.04. The molecule has 0 aromatic heterocycles. The monoisotopic (exact) mass is 323 g/mol. The number of anilines is 1. The van der Waals surface area contributed by atoms with Gasteiger partial charge in [-0.1, -0.05) is 13.5 Å². The lowest BCUT2D eigenvalue weighted by atomic mass is 10.3. The van der Waals surface area contributed by atoms with Crippen LogP contribution in [0.5, 0.6) is 0 Å². The number of carbonyl (C=O) groups excluding carboxylic acids is 1. The van der Waals surface area contributed by atoms with Crippen molar-refractivity contribution in [3.63, 3.8) is 0 Å². The summed E-state index contributed by atoms with van der Waals surface area (Å²) in [6.45, 7) is 8.89. The molecule has 0 bridgehead atoms. The Labute approximate surface area is 131 Å². The molecule has 0 radical (unpaired) electrons. The van der Waals surface area contributed by atoms with Crippen molar-refractivity contribution < 1.29 is 13.2 Å². The van der Waals surface area contributed by atoms with Crippen LogP contribution in [0.3, 0.4) is 0 Å². The second-order valence-corrected chi connectivity index (χ2v) is 6.99. The van der Waals surface area contributed by atoms with Crippen molar-refractivity contribution in [2.75, 3.05) is 38.0 Å². The zero-order chi connectivity index (χ0) is 16.2. The van der Waals surface area contributed by atoms with Gasteiger partial charge in [0.1, 0.15) is 0 Å². The smallest absolute Gasteiger partial charge is 0.247 e. The number of hydrogen-bond acceptors (Lipinski definition) is 4. The zero-order valence-electron chi connectivity index (χ0n) is 12.7. The lowest BCUT2D eigenvalue weighted by molar-refractivity contribution is -0.111. The van der Waals surface area contributed by atoms with Crippen LogP contribution in [0.15, 0.2) is 41.8 Å². The van der Waals surface area contributed by atoms with Crippen LogP contribution >= 0.6 is 0 Å². The van der Waals surface area contributed by atoms with Gasteiger partial charge in [-0.15, -0.1) is 0 Å². The highest BCUT2D eigenvalue weighted by Gasteiger charge is 2.27. The van der Waals surface area contributed by atoms with E-state index in [2.05, 4.69) is 23.7 Å². The number of carbonyl (C=O) groups is 1. The lowest BCUT2D eigenvalue weighted by Gasteiger charge is -2.33. The van der Waals surface area contributed by atoms with E-state index < -0.39 is 10.0 Å². The van der Waals surface area contributed by atoms with Crippen molar-refractivity contribution in [1.29, 1.82) is 0 Å². The molecular formula is C15H21N3O3S. The van der Waals surface area contributed by atoms with E-state index in [9.17, 15) is 13.2 Å². The third-order valence-electron chi connectivity index (χ3n) is 3.72. The molecule has 1 amide bonds. The van der Waals surface area contributed by atoms with Crippen LogP contribution in [0.25, 0.3) is 0 Å². The second-order valence-electron chi connectivity index (χ2n) is 5.06. The van der Waals surface area contributed by atoms with Crippen LogP contribution in [-0.2, 0) is 14.8 Å². The predicted octanol–water partition coefficient (Wildman–Crippen LogP) is 1.14. The first kappa shape index (κ1) is 16.7. The molecule has 0 spiro atoms. The molecule has 120 valence electrons. The Morgan fingerprint density at radius 1 is 1.23 bits per heavy atom. The maximum Gasteiger partial charge on any atom is 0.247 e. The van der Waals surface area contributed by atoms with Gasteiger partial charge in [0, 0.05) is 31.9 Å². The standard InChI is InChI=1S/C15H21N3O3S/c1-3-15(19)16-13-5-7-14(8-6-13)22(20,21)18-11-9-17(4-2)10-12-18/h3,5-8H,1,4,9-12H2,2H3,(H,16,19). The third kappa shape index (κ3) is 3.73. The summed E-state index contributed by atoms with van der Waals surface area (Å²) in [5.41, 5.74) is 0.541. The molecule has 0 unspecified atom stereocenters. The van der Waals surface area contributed by atoms with Crippen molar-refractivity contribution in [3.8, 4) is 0 Å². The normalized spacial score (nSPS) is 17.1. The van der Waals surface area contributed by atoms with Gasteiger partial charge in [0.25, 0.3) is 0 Å². The van der Waals surface area contributed by atoms with E-state index in [-0.39, 0.29) is 10.8 Å². The minimum Gasteiger partial charge on any atom is -0.323 e. The Balaban J connectivity index is 2.09. The van der Waals surface area contributed by atoms with E-state index in [0.717, 1.165) is 25.7 Å². The SMILES string of the molecule is C=CC(=O)Nc1ccc(S(=O)(=O)N2CCN(CC)CC2)cc1. The van der Waals surface area contributed by atoms with Gasteiger partial charge in [0.15, 0.2) is 0 Å². The fourth-order valence-electron chi connectivity index (χ4n) is 2.34. The van der Waals surface area contributed by atoms with Gasteiger partial charge in [0.05, 0.1) is 4.90 Å². The van der Waals surface area contributed by atoms with E-state index in [1.807, 2.05) is 0 Å². The van der Waals surface area contributed by atoms with E-state index in [1.54, 1.807) is 12.1 Å². The summed E-state index contributed by atoms with van der Waals surface area (Å²) in [6, 6.07) is 6.19. The predicted molar refractivity (Wildman–Crippen MR) is 86.1 cm³/mol. The maximum atomic E-state index is 12.6. The molecule has 2 rings (SSSR count). The van der Waals surface area contributed by atoms with E-state index in [0.29, 0.717) is 18.8 Å². The number of piperazine rings is 1. The molecule has 1 aromatic rings. The van der Waals surface area contributed by atoms with E-state index in [1.165, 1.54) is 16.4 Å². The molecule has 0 atom stereocenters. The topological polar surface area (TPSA) is 69.7 Å². The summed E-state index contributed by atoms with van der Waals surface area (Å²) in [4.78, 5) is 13.7. The summed E-state index contributed by atoms with van der Waals surface area (Å²) in [7, 11) is -3.47. The molecule has 1 saturated heterocycles. The average molecular weight is 323 g/mol. The average Bonchev–Trinajstić information content (AvgIpc) is 2.55. The Morgan fingerprint density at radius 3 is 2.32 bits per heavy atom. The lowest BCUT2D eigenvalue weighted by Crippen LogP contribution is -2.48. The number of sulfonamides is 1. The molecule has 0 aliphatic carbocycles. The largest absolute Gasteiger partial charge is 0.323 e. The van der Waals surface area contributed by atoms with Gasteiger partial charge in [0.2, 0.25) is 15.9 Å². The Bertz CT molecular complexity index is 633. The number of likely N-dealkylation sites (N-methyl/N-ethyl adjacent to an activating group) is 1. The van der Waals surface area contributed by atoms with Crippen LogP contribution in [0, 0.1) is 0 Å². The highest BCUT2D eigenvalue weighted by molar-refractivity contribution is 7.89. The highest BCUT2D eigenvalue weighted by Crippen LogP contribution is 2.19. The number of nitrogens with zero attached hydrogens (tertiary/aromatic N) is 2. The first-order valence-corrected chi connectivity index (χ1v) is 8.67. The zero-order valence-corrected chi connectivity index (χ0v) is 13.5. The molecule has 1 aliphatic rings. The number of nitrogens with one attached hydrogen (secondary N) is 1. The quantitative estimate of drug-likeness (QED) is 0.825. The molecule has 0 saturated carbocycles. The summed E-state index contributed by atoms with van der Waals surface area (Å²) in [5, 5.41) is 2.59. The maximum absolute atomic E-state index is 12.6. The van der Waals surface area contributed by atoms with Crippen molar-refractivity contribution in [2.45, 2.75) is 11.8 Å². The highest BCUT2D eigenvalue weighted by atomic mass is 32.2. The number of rotatable bonds is 5. The molecule has 1 heterocycles. The van der Waals surface area contributed by atoms with Crippen LogP contribution in [-0.4, -0.2) is 56.3 Å². The molecule has 6 nitrogen and oxygen atoms in total. The van der Waals surface area contributed by atoms with Crippen LogP contribution in [0.4, 0.5) is 5.69 Å². The van der Waals surface area contributed by atoms with E-state index in [4.69, 9.17) is 0 Å². The molecule has 1 aliphatic heterocycles. The van der Waals surface area contributed by atoms with Crippen LogP contribution in [0.2, 0.25) is 0 Å². The van der Waals surface area contributed by atoms with Crippen LogP contribution < -0.4 is 5.32 Å². The molecule has 22 heavy (non-hydrogen) atoms. The first-order valence-electron chi connectivity index (χ1n) is 7.23. The number of benzene rings is 1. The molecular weight excluding hydrogens is 302 g/mol. The van der Waals surface area contributed by atoms with Crippen molar-refractivity contribution >= 4 is 21.6 Å². The fourth-order valence-corrected chi connectivity index (χ4v) is 3.76. The van der Waals surface area contributed by atoms with Crippen LogP contribution in [0.1, 0.15) is 6.92 Å². The van der Waals surface area contributed by atoms with Gasteiger partial charge in [-0.3, -0.25) is 4.79 Å². The molecule has 1 N–H and O–H groups in total. The van der Waals surface area contributed by atoms with Crippen molar-refractivity contribution in [1.82, 2.24) is 9.21 Å². The third-order valence-corrected chi connectivity index (χ3v) is 5.64. The fraction of sp³-hybridized carbons (Fsp3) is 0.400. The molecule has 7 heteroatoms. The van der Waals surface area contributed by atoms with Crippen molar-refractivity contribution in [3.05, 3.63) is 36.9 Å². The van der Waals surface area contributed by atoms with Gasteiger partial charge in [-0.05, 0) is 36.9 Å². The van der Waals surface area contributed by atoms with E-state index >= 15 is 0 Å². The van der Waals surface area contributed by atoms with Gasteiger partial charge in [-0.2, -0.15) is 4.31 Å². The minimum atomic E-state index is -3.47. The first-order chi connectivity index (χ1) is 10.5. The van der Waals surface area contributed by atoms with Gasteiger partial charge in [-0.25, -0.2) is 8.42 Å². The Kier molecular flexibility index (Phi) is 5.33. The minimum absolute atomic E-state index is 0.244. The summed E-state index contributed by atoms with van der Waals surface area (Å²) < 4.78 is 26.7. The summed E-state index contributed by atoms with van der Waals surface area (Å²) >= 11 is 0. The summed E-state index contributed by atoms with van der Waals surface area (Å²) in [6.07, 6.45) is 1.16. The summed E-state index contributed by atoms with van der Waals surface area (Å²) in [5.74, 6) is -0.328. The number of amides is 1. The van der Waals surface area contributed by atoms with Crippen molar-refractivity contribution in [2.24, 2.45) is 0 Å². The molecule has 1 fully saturated rings. The molecule has 1 aromatic carbocycles. The van der Waals surface area contributed by atoms with Gasteiger partial charge >= 0.3 is 0 Å². The van der Waals surface area contributed by atoms with Gasteiger partial charge < -0.3 is 10.2 Å². The Morgan fingerprint density at radius 2 is 1.82 bits per heavy atom.